The van der Waals surface area contributed by atoms with Crippen molar-refractivity contribution in [3.05, 3.63) is 71.9 Å². The molecule has 1 aliphatic rings. The largest absolute Gasteiger partial charge is 0.379 e. The number of H-pyrrole nitrogens is 1. The average molecular weight is 508 g/mol. The number of halogens is 1. The first-order chi connectivity index (χ1) is 17.3. The van der Waals surface area contributed by atoms with Crippen molar-refractivity contribution in [1.82, 2.24) is 25.1 Å². The smallest absolute Gasteiger partial charge is 0.224 e. The zero-order valence-corrected chi connectivity index (χ0v) is 21.2. The van der Waals surface area contributed by atoms with Gasteiger partial charge in [-0.2, -0.15) is 10.1 Å². The highest BCUT2D eigenvalue weighted by Gasteiger charge is 2.15. The molecule has 1 atom stereocenters. The Kier molecular flexibility index (Phi) is 9.24. The fourth-order valence-corrected chi connectivity index (χ4v) is 4.71. The number of aromatic amines is 1. The summed E-state index contributed by atoms with van der Waals surface area (Å²) in [5.74, 6) is 0.995. The molecular weight excluding hydrogens is 474 g/mol. The van der Waals surface area contributed by atoms with E-state index in [9.17, 15) is 0 Å². The second kappa shape index (κ2) is 12.8. The minimum atomic E-state index is 0. The van der Waals surface area contributed by atoms with E-state index in [1.54, 1.807) is 0 Å². The van der Waals surface area contributed by atoms with Crippen molar-refractivity contribution in [3.63, 3.8) is 0 Å². The first-order valence-corrected chi connectivity index (χ1v) is 12.4. The van der Waals surface area contributed by atoms with Crippen LogP contribution in [0.1, 0.15) is 23.5 Å². The predicted molar refractivity (Wildman–Crippen MR) is 147 cm³/mol. The average Bonchev–Trinajstić information content (AvgIpc) is 3.33. The molecule has 4 aromatic rings. The van der Waals surface area contributed by atoms with E-state index in [0.29, 0.717) is 24.1 Å². The first-order valence-electron chi connectivity index (χ1n) is 12.4. The number of rotatable bonds is 10. The molecule has 1 aliphatic heterocycles. The Morgan fingerprint density at radius 2 is 1.92 bits per heavy atom. The van der Waals surface area contributed by atoms with Crippen LogP contribution in [0, 0.1) is 0 Å². The van der Waals surface area contributed by atoms with Crippen molar-refractivity contribution < 1.29 is 4.74 Å². The second-order valence-corrected chi connectivity index (χ2v) is 9.00. The molecule has 190 valence electrons. The lowest BCUT2D eigenvalue weighted by Crippen LogP contribution is -2.39. The zero-order valence-electron chi connectivity index (χ0n) is 20.4. The molecule has 36 heavy (non-hydrogen) atoms. The van der Waals surface area contributed by atoms with Crippen molar-refractivity contribution >= 4 is 29.4 Å². The molecule has 8 nitrogen and oxygen atoms in total. The standard InChI is InChI=1S/C27H33N7O.ClH/c28-10-9-22(21-6-2-1-3-7-21)17-20-5-4-8-23(18-20)25-24-19-30-27(31-26(24)33-32-25)29-11-12-34-13-15-35-16-14-34;/h1-8,18-19,22H,9-17,28H2,(H2,29,30,31,32,33);1H. The van der Waals surface area contributed by atoms with Gasteiger partial charge in [-0.3, -0.25) is 10.00 Å². The SMILES string of the molecule is Cl.NCCC(Cc1cccc(-c2[nH]nc3nc(NCCN4CCOCC4)ncc23)c1)c1ccccc1. The van der Waals surface area contributed by atoms with Crippen molar-refractivity contribution in [2.45, 2.75) is 18.8 Å². The number of fused-ring (bicyclic) bond motifs is 1. The van der Waals surface area contributed by atoms with Gasteiger partial charge in [-0.05, 0) is 42.5 Å². The normalized spacial score (nSPS) is 14.9. The highest BCUT2D eigenvalue weighted by molar-refractivity contribution is 5.90. The van der Waals surface area contributed by atoms with E-state index < -0.39 is 0 Å². The number of hydrogen-bond acceptors (Lipinski definition) is 7. The van der Waals surface area contributed by atoms with Crippen LogP contribution in [0.5, 0.6) is 0 Å². The molecule has 1 saturated heterocycles. The minimum absolute atomic E-state index is 0. The molecule has 4 N–H and O–H groups in total. The summed E-state index contributed by atoms with van der Waals surface area (Å²) >= 11 is 0. The van der Waals surface area contributed by atoms with Crippen molar-refractivity contribution in [2.75, 3.05) is 51.3 Å². The molecule has 0 radical (unpaired) electrons. The molecule has 0 spiro atoms. The maximum atomic E-state index is 5.93. The molecule has 0 aliphatic carbocycles. The number of nitrogens with two attached hydrogens (primary N) is 1. The Hall–Kier alpha value is -3.04. The van der Waals surface area contributed by atoms with E-state index in [0.717, 1.165) is 68.9 Å². The van der Waals surface area contributed by atoms with E-state index in [2.05, 4.69) is 85.0 Å². The first kappa shape index (κ1) is 26.0. The fourth-order valence-electron chi connectivity index (χ4n) is 4.71. The highest BCUT2D eigenvalue weighted by atomic mass is 35.5. The van der Waals surface area contributed by atoms with E-state index in [4.69, 9.17) is 10.5 Å². The summed E-state index contributed by atoms with van der Waals surface area (Å²) in [4.78, 5) is 11.5. The number of benzene rings is 2. The Morgan fingerprint density at radius 3 is 2.72 bits per heavy atom. The molecule has 2 aromatic heterocycles. The van der Waals surface area contributed by atoms with Gasteiger partial charge in [0.2, 0.25) is 5.95 Å². The van der Waals surface area contributed by atoms with Gasteiger partial charge in [0.15, 0.2) is 5.65 Å². The third-order valence-corrected chi connectivity index (χ3v) is 6.61. The Morgan fingerprint density at radius 1 is 1.08 bits per heavy atom. The van der Waals surface area contributed by atoms with Crippen LogP contribution in [0.3, 0.4) is 0 Å². The molecule has 5 rings (SSSR count). The van der Waals surface area contributed by atoms with Gasteiger partial charge < -0.3 is 15.8 Å². The highest BCUT2D eigenvalue weighted by Crippen LogP contribution is 2.29. The summed E-state index contributed by atoms with van der Waals surface area (Å²) < 4.78 is 5.40. The number of nitrogens with zero attached hydrogens (tertiary/aromatic N) is 4. The lowest BCUT2D eigenvalue weighted by Gasteiger charge is -2.26. The summed E-state index contributed by atoms with van der Waals surface area (Å²) in [6.07, 6.45) is 3.75. The molecule has 9 heteroatoms. The second-order valence-electron chi connectivity index (χ2n) is 9.00. The molecule has 0 saturated carbocycles. The molecule has 1 unspecified atom stereocenters. The van der Waals surface area contributed by atoms with Gasteiger partial charge in [-0.1, -0.05) is 48.5 Å². The zero-order chi connectivity index (χ0) is 23.9. The third kappa shape index (κ3) is 6.39. The summed E-state index contributed by atoms with van der Waals surface area (Å²) in [5, 5.41) is 11.9. The van der Waals surface area contributed by atoms with Gasteiger partial charge in [0.1, 0.15) is 0 Å². The maximum absolute atomic E-state index is 5.93. The lowest BCUT2D eigenvalue weighted by molar-refractivity contribution is 0.0398. The van der Waals surface area contributed by atoms with Gasteiger partial charge in [0.05, 0.1) is 24.3 Å². The van der Waals surface area contributed by atoms with Crippen LogP contribution in [-0.2, 0) is 11.2 Å². The maximum Gasteiger partial charge on any atom is 0.224 e. The van der Waals surface area contributed by atoms with E-state index in [-0.39, 0.29) is 12.4 Å². The summed E-state index contributed by atoms with van der Waals surface area (Å²) in [6.45, 7) is 5.96. The van der Waals surface area contributed by atoms with Crippen LogP contribution in [-0.4, -0.2) is 71.0 Å². The topological polar surface area (TPSA) is 105 Å². The fraction of sp³-hybridized carbons (Fsp3) is 0.370. The van der Waals surface area contributed by atoms with Crippen molar-refractivity contribution in [1.29, 1.82) is 0 Å². The minimum Gasteiger partial charge on any atom is -0.379 e. The van der Waals surface area contributed by atoms with Crippen LogP contribution < -0.4 is 11.1 Å². The van der Waals surface area contributed by atoms with E-state index in [1.807, 2.05) is 6.20 Å². The number of morpholine rings is 1. The molecule has 3 heterocycles. The number of anilines is 1. The Labute approximate surface area is 218 Å². The van der Waals surface area contributed by atoms with Crippen LogP contribution in [0.25, 0.3) is 22.3 Å². The number of ether oxygens (including phenoxy) is 1. The number of hydrogen-bond donors (Lipinski definition) is 3. The van der Waals surface area contributed by atoms with Gasteiger partial charge in [-0.25, -0.2) is 4.98 Å². The quantitative estimate of drug-likeness (QED) is 0.299. The van der Waals surface area contributed by atoms with Gasteiger partial charge in [0, 0.05) is 37.9 Å². The van der Waals surface area contributed by atoms with Gasteiger partial charge >= 0.3 is 0 Å². The third-order valence-electron chi connectivity index (χ3n) is 6.61. The lowest BCUT2D eigenvalue weighted by atomic mass is 9.88. The predicted octanol–water partition coefficient (Wildman–Crippen LogP) is 3.86. The monoisotopic (exact) mass is 507 g/mol. The Balaban J connectivity index is 0.00000304. The van der Waals surface area contributed by atoms with Crippen molar-refractivity contribution in [3.8, 4) is 11.3 Å². The van der Waals surface area contributed by atoms with Gasteiger partial charge in [-0.15, -0.1) is 12.4 Å². The molecule has 0 bridgehead atoms. The Bertz CT molecular complexity index is 1230. The van der Waals surface area contributed by atoms with Gasteiger partial charge in [0.25, 0.3) is 0 Å². The number of aromatic nitrogens is 4. The summed E-state index contributed by atoms with van der Waals surface area (Å²) in [6, 6.07) is 19.2. The molecular formula is C27H34ClN7O. The van der Waals surface area contributed by atoms with Crippen LogP contribution in [0.2, 0.25) is 0 Å². The van der Waals surface area contributed by atoms with Crippen LogP contribution in [0.15, 0.2) is 60.8 Å². The summed E-state index contributed by atoms with van der Waals surface area (Å²) in [7, 11) is 0. The van der Waals surface area contributed by atoms with Crippen LogP contribution in [0.4, 0.5) is 5.95 Å². The summed E-state index contributed by atoms with van der Waals surface area (Å²) in [5.41, 5.74) is 11.2. The van der Waals surface area contributed by atoms with E-state index in [1.165, 1.54) is 11.1 Å². The molecule has 1 fully saturated rings. The molecule has 2 aromatic carbocycles. The number of nitrogens with one attached hydrogen (secondary N) is 2. The van der Waals surface area contributed by atoms with Crippen LogP contribution >= 0.6 is 12.4 Å². The van der Waals surface area contributed by atoms with Crippen molar-refractivity contribution in [2.24, 2.45) is 5.73 Å². The molecule has 0 amide bonds. The van der Waals surface area contributed by atoms with E-state index >= 15 is 0 Å².